The third-order valence-corrected chi connectivity index (χ3v) is 5.10. The number of amides is 2. The molecule has 2 unspecified atom stereocenters. The molecule has 116 valence electrons. The van der Waals surface area contributed by atoms with Crippen LogP contribution < -0.4 is 5.32 Å². The van der Waals surface area contributed by atoms with Gasteiger partial charge in [-0.3, -0.25) is 14.6 Å². The summed E-state index contributed by atoms with van der Waals surface area (Å²) < 4.78 is 0. The van der Waals surface area contributed by atoms with Gasteiger partial charge in [0, 0.05) is 36.7 Å². The molecule has 1 aromatic heterocycles. The van der Waals surface area contributed by atoms with Gasteiger partial charge in [-0.15, -0.1) is 0 Å². The summed E-state index contributed by atoms with van der Waals surface area (Å²) in [6.45, 7) is 3.23. The summed E-state index contributed by atoms with van der Waals surface area (Å²) in [5.41, 5.74) is 1.21. The summed E-state index contributed by atoms with van der Waals surface area (Å²) in [4.78, 5) is 34.7. The molecule has 3 aliphatic rings. The minimum atomic E-state index is -0.0716. The number of nitrogens with one attached hydrogen (secondary N) is 1. The molecule has 3 fully saturated rings. The Morgan fingerprint density at radius 1 is 1.32 bits per heavy atom. The summed E-state index contributed by atoms with van der Waals surface area (Å²) >= 11 is 0. The molecule has 2 amide bonds. The molecule has 6 heteroatoms. The highest BCUT2D eigenvalue weighted by Crippen LogP contribution is 2.58. The largest absolute Gasteiger partial charge is 0.353 e. The molecule has 2 aliphatic carbocycles. The van der Waals surface area contributed by atoms with Gasteiger partial charge in [0.15, 0.2) is 0 Å². The van der Waals surface area contributed by atoms with E-state index in [1.165, 1.54) is 6.20 Å². The fraction of sp³-hybridized carbons (Fsp3) is 0.625. The fourth-order valence-corrected chi connectivity index (χ4v) is 3.43. The van der Waals surface area contributed by atoms with E-state index in [9.17, 15) is 9.59 Å². The van der Waals surface area contributed by atoms with Crippen molar-refractivity contribution in [3.63, 3.8) is 0 Å². The summed E-state index contributed by atoms with van der Waals surface area (Å²) in [5.74, 6) is 0.208. The Morgan fingerprint density at radius 2 is 2.14 bits per heavy atom. The van der Waals surface area contributed by atoms with E-state index >= 15 is 0 Å². The first-order valence-corrected chi connectivity index (χ1v) is 7.96. The van der Waals surface area contributed by atoms with E-state index in [0.29, 0.717) is 24.8 Å². The third kappa shape index (κ3) is 2.36. The van der Waals surface area contributed by atoms with Gasteiger partial charge in [-0.1, -0.05) is 0 Å². The Kier molecular flexibility index (Phi) is 2.96. The van der Waals surface area contributed by atoms with Gasteiger partial charge in [0.05, 0.1) is 11.9 Å². The lowest BCUT2D eigenvalue weighted by Gasteiger charge is -2.16. The van der Waals surface area contributed by atoms with Crippen molar-refractivity contribution in [3.8, 4) is 0 Å². The van der Waals surface area contributed by atoms with Crippen LogP contribution >= 0.6 is 0 Å². The first-order valence-electron chi connectivity index (χ1n) is 7.96. The normalized spacial score (nSPS) is 29.7. The van der Waals surface area contributed by atoms with Gasteiger partial charge in [0.1, 0.15) is 5.69 Å². The quantitative estimate of drug-likeness (QED) is 0.900. The Bertz CT molecular complexity index is 626. The molecule has 1 saturated heterocycles. The van der Waals surface area contributed by atoms with Crippen LogP contribution in [0.3, 0.4) is 0 Å². The van der Waals surface area contributed by atoms with Crippen LogP contribution in [0.25, 0.3) is 0 Å². The van der Waals surface area contributed by atoms with Crippen molar-refractivity contribution >= 4 is 11.8 Å². The standard InChI is InChI=1S/C16H20N4O2/c1-10-7-18-13(8-17-10)15(22)20-5-4-16(9-20)6-12(16)14(21)19-11-2-3-11/h7-8,11-12H,2-6,9H2,1H3,(H,19,21). The van der Waals surface area contributed by atoms with Crippen molar-refractivity contribution in [2.24, 2.45) is 11.3 Å². The molecule has 2 saturated carbocycles. The minimum Gasteiger partial charge on any atom is -0.353 e. The first kappa shape index (κ1) is 13.7. The van der Waals surface area contributed by atoms with Gasteiger partial charge in [0.2, 0.25) is 5.91 Å². The minimum absolute atomic E-state index is 0.0206. The predicted octanol–water partition coefficient (Wildman–Crippen LogP) is 0.916. The van der Waals surface area contributed by atoms with E-state index in [1.54, 1.807) is 6.20 Å². The monoisotopic (exact) mass is 300 g/mol. The predicted molar refractivity (Wildman–Crippen MR) is 79.0 cm³/mol. The van der Waals surface area contributed by atoms with Crippen LogP contribution in [0.15, 0.2) is 12.4 Å². The molecular formula is C16H20N4O2. The number of carbonyl (C=O) groups excluding carboxylic acids is 2. The molecule has 0 bridgehead atoms. The van der Waals surface area contributed by atoms with Gasteiger partial charge in [0.25, 0.3) is 5.91 Å². The molecule has 1 N–H and O–H groups in total. The Balaban J connectivity index is 1.39. The van der Waals surface area contributed by atoms with Crippen LogP contribution in [-0.4, -0.2) is 45.8 Å². The average Bonchev–Trinajstić information content (AvgIpc) is 3.38. The molecular weight excluding hydrogens is 280 g/mol. The van der Waals surface area contributed by atoms with Crippen molar-refractivity contribution in [3.05, 3.63) is 23.8 Å². The average molecular weight is 300 g/mol. The van der Waals surface area contributed by atoms with Gasteiger partial charge >= 0.3 is 0 Å². The molecule has 2 heterocycles. The second-order valence-electron chi connectivity index (χ2n) is 6.92. The van der Waals surface area contributed by atoms with E-state index in [-0.39, 0.29) is 23.1 Å². The molecule has 2 atom stereocenters. The molecule has 1 aliphatic heterocycles. The zero-order chi connectivity index (χ0) is 15.3. The van der Waals surface area contributed by atoms with Gasteiger partial charge in [-0.05, 0) is 32.6 Å². The number of rotatable bonds is 3. The van der Waals surface area contributed by atoms with Crippen LogP contribution in [0, 0.1) is 18.3 Å². The van der Waals surface area contributed by atoms with E-state index in [0.717, 1.165) is 31.4 Å². The van der Waals surface area contributed by atoms with E-state index in [1.807, 2.05) is 11.8 Å². The lowest BCUT2D eigenvalue weighted by molar-refractivity contribution is -0.123. The highest BCUT2D eigenvalue weighted by atomic mass is 16.2. The van der Waals surface area contributed by atoms with Crippen LogP contribution in [0.4, 0.5) is 0 Å². The lowest BCUT2D eigenvalue weighted by atomic mass is 10.0. The van der Waals surface area contributed by atoms with E-state index in [4.69, 9.17) is 0 Å². The topological polar surface area (TPSA) is 75.2 Å². The zero-order valence-electron chi connectivity index (χ0n) is 12.7. The number of hydrogen-bond donors (Lipinski definition) is 1. The van der Waals surface area contributed by atoms with Crippen LogP contribution in [-0.2, 0) is 4.79 Å². The van der Waals surface area contributed by atoms with Gasteiger partial charge in [-0.25, -0.2) is 4.98 Å². The summed E-state index contributed by atoms with van der Waals surface area (Å²) in [7, 11) is 0. The number of nitrogens with zero attached hydrogens (tertiary/aromatic N) is 3. The number of aryl methyl sites for hydroxylation is 1. The maximum atomic E-state index is 12.5. The van der Waals surface area contributed by atoms with Gasteiger partial charge in [-0.2, -0.15) is 0 Å². The highest BCUT2D eigenvalue weighted by Gasteiger charge is 2.61. The SMILES string of the molecule is Cc1cnc(C(=O)N2CCC3(CC3C(=O)NC3CC3)C2)cn1. The highest BCUT2D eigenvalue weighted by molar-refractivity contribution is 5.92. The fourth-order valence-electron chi connectivity index (χ4n) is 3.43. The number of hydrogen-bond acceptors (Lipinski definition) is 4. The molecule has 6 nitrogen and oxygen atoms in total. The molecule has 4 rings (SSSR count). The third-order valence-electron chi connectivity index (χ3n) is 5.10. The molecule has 1 spiro atoms. The first-order chi connectivity index (χ1) is 10.6. The van der Waals surface area contributed by atoms with Gasteiger partial charge < -0.3 is 10.2 Å². The maximum Gasteiger partial charge on any atom is 0.274 e. The molecule has 1 aromatic rings. The zero-order valence-corrected chi connectivity index (χ0v) is 12.7. The van der Waals surface area contributed by atoms with Crippen molar-refractivity contribution in [2.75, 3.05) is 13.1 Å². The Labute approximate surface area is 129 Å². The Hall–Kier alpha value is -1.98. The molecule has 0 radical (unpaired) electrons. The number of likely N-dealkylation sites (tertiary alicyclic amines) is 1. The van der Waals surface area contributed by atoms with Crippen LogP contribution in [0.2, 0.25) is 0 Å². The van der Waals surface area contributed by atoms with Crippen LogP contribution in [0.1, 0.15) is 41.9 Å². The molecule has 0 aromatic carbocycles. The summed E-state index contributed by atoms with van der Waals surface area (Å²) in [5, 5.41) is 3.08. The second kappa shape index (κ2) is 4.76. The maximum absolute atomic E-state index is 12.5. The Morgan fingerprint density at radius 3 is 2.82 bits per heavy atom. The van der Waals surface area contributed by atoms with Crippen molar-refractivity contribution in [2.45, 2.75) is 38.6 Å². The smallest absolute Gasteiger partial charge is 0.274 e. The lowest BCUT2D eigenvalue weighted by Crippen LogP contribution is -2.32. The summed E-state index contributed by atoms with van der Waals surface area (Å²) in [6.07, 6.45) is 7.20. The van der Waals surface area contributed by atoms with E-state index in [2.05, 4.69) is 15.3 Å². The van der Waals surface area contributed by atoms with Crippen molar-refractivity contribution < 1.29 is 9.59 Å². The second-order valence-corrected chi connectivity index (χ2v) is 6.92. The number of carbonyl (C=O) groups is 2. The van der Waals surface area contributed by atoms with E-state index < -0.39 is 0 Å². The van der Waals surface area contributed by atoms with Crippen LogP contribution in [0.5, 0.6) is 0 Å². The summed E-state index contributed by atoms with van der Waals surface area (Å²) in [6, 6.07) is 0.409. The molecule has 22 heavy (non-hydrogen) atoms. The van der Waals surface area contributed by atoms with Crippen molar-refractivity contribution in [1.82, 2.24) is 20.2 Å². The van der Waals surface area contributed by atoms with Crippen molar-refractivity contribution in [1.29, 1.82) is 0 Å². The number of aromatic nitrogens is 2.